The van der Waals surface area contributed by atoms with E-state index in [4.69, 9.17) is 0 Å². The molecule has 0 atom stereocenters. The van der Waals surface area contributed by atoms with Crippen LogP contribution in [0.25, 0.3) is 0 Å². The van der Waals surface area contributed by atoms with Gasteiger partial charge in [-0.25, -0.2) is 4.98 Å². The molecule has 0 aromatic carbocycles. The van der Waals surface area contributed by atoms with Crippen LogP contribution in [-0.2, 0) is 0 Å². The summed E-state index contributed by atoms with van der Waals surface area (Å²) in [4.78, 5) is 18.5. The molecular formula is C15H23N3O2. The fourth-order valence-electron chi connectivity index (χ4n) is 2.19. The number of nitrogens with one attached hydrogen (secondary N) is 1. The molecular weight excluding hydrogens is 254 g/mol. The molecule has 110 valence electrons. The molecule has 0 unspecified atom stereocenters. The van der Waals surface area contributed by atoms with Gasteiger partial charge in [-0.15, -0.1) is 0 Å². The van der Waals surface area contributed by atoms with Crippen molar-refractivity contribution < 1.29 is 9.90 Å². The Bertz CT molecular complexity index is 451. The van der Waals surface area contributed by atoms with E-state index in [2.05, 4.69) is 29.0 Å². The molecule has 0 spiro atoms. The first-order valence-corrected chi connectivity index (χ1v) is 7.24. The number of hydrogen-bond donors (Lipinski definition) is 2. The monoisotopic (exact) mass is 277 g/mol. The highest BCUT2D eigenvalue weighted by Gasteiger charge is 2.42. The number of aromatic nitrogens is 1. The van der Waals surface area contributed by atoms with Gasteiger partial charge < -0.3 is 15.3 Å². The number of carbonyl (C=O) groups is 1. The Labute approximate surface area is 120 Å². The quantitative estimate of drug-likeness (QED) is 0.791. The summed E-state index contributed by atoms with van der Waals surface area (Å²) in [6, 6.07) is 3.68. The lowest BCUT2D eigenvalue weighted by Crippen LogP contribution is -2.32. The zero-order chi connectivity index (χ0) is 14.6. The lowest BCUT2D eigenvalue weighted by Gasteiger charge is -2.19. The highest BCUT2D eigenvalue weighted by molar-refractivity contribution is 5.94. The first-order chi connectivity index (χ1) is 9.64. The zero-order valence-corrected chi connectivity index (χ0v) is 12.2. The molecule has 20 heavy (non-hydrogen) atoms. The van der Waals surface area contributed by atoms with E-state index in [0.29, 0.717) is 12.1 Å². The highest BCUT2D eigenvalue weighted by atomic mass is 16.3. The van der Waals surface area contributed by atoms with Gasteiger partial charge in [0.15, 0.2) is 0 Å². The fourth-order valence-corrected chi connectivity index (χ4v) is 2.19. The number of amides is 1. The molecule has 5 nitrogen and oxygen atoms in total. The van der Waals surface area contributed by atoms with Crippen molar-refractivity contribution in [1.29, 1.82) is 0 Å². The molecule has 0 bridgehead atoms. The average Bonchev–Trinajstić information content (AvgIpc) is 3.27. The molecule has 1 aromatic heterocycles. The van der Waals surface area contributed by atoms with Crippen LogP contribution in [0.2, 0.25) is 0 Å². The molecule has 2 N–H and O–H groups in total. The third kappa shape index (κ3) is 3.28. The molecule has 0 saturated heterocycles. The molecule has 1 aliphatic rings. The molecule has 2 rings (SSSR count). The van der Waals surface area contributed by atoms with Gasteiger partial charge in [0.25, 0.3) is 5.91 Å². The third-order valence-electron chi connectivity index (χ3n) is 4.01. The van der Waals surface area contributed by atoms with E-state index in [9.17, 15) is 9.90 Å². The van der Waals surface area contributed by atoms with Gasteiger partial charge in [0.05, 0.1) is 12.2 Å². The van der Waals surface area contributed by atoms with Crippen LogP contribution < -0.4 is 10.2 Å². The first kappa shape index (κ1) is 14.8. The number of carbonyl (C=O) groups excluding carboxylic acids is 1. The Morgan fingerprint density at radius 3 is 2.55 bits per heavy atom. The van der Waals surface area contributed by atoms with E-state index in [0.717, 1.165) is 31.7 Å². The minimum atomic E-state index is -0.122. The van der Waals surface area contributed by atoms with Crippen LogP contribution in [0.4, 0.5) is 5.82 Å². The zero-order valence-electron chi connectivity index (χ0n) is 12.2. The molecule has 1 aliphatic carbocycles. The summed E-state index contributed by atoms with van der Waals surface area (Å²) in [5, 5.41) is 12.1. The minimum Gasteiger partial charge on any atom is -0.396 e. The summed E-state index contributed by atoms with van der Waals surface area (Å²) >= 11 is 0. The van der Waals surface area contributed by atoms with Crippen molar-refractivity contribution in [3.05, 3.63) is 23.9 Å². The molecule has 1 saturated carbocycles. The number of rotatable bonds is 7. The number of aliphatic hydroxyl groups excluding tert-OH is 1. The predicted octanol–water partition coefficient (Wildman–Crippen LogP) is 1.43. The standard InChI is InChI=1S/C15H23N3O2/c1-3-18(4-2)13-6-5-12(9-16-13)14(20)17-10-15(11-19)7-8-15/h5-6,9,19H,3-4,7-8,10-11H2,1-2H3,(H,17,20). The molecule has 5 heteroatoms. The molecule has 0 aliphatic heterocycles. The maximum absolute atomic E-state index is 12.0. The molecule has 0 radical (unpaired) electrons. The van der Waals surface area contributed by atoms with Gasteiger partial charge in [0.2, 0.25) is 0 Å². The van der Waals surface area contributed by atoms with E-state index >= 15 is 0 Å². The van der Waals surface area contributed by atoms with E-state index in [1.807, 2.05) is 6.07 Å². The number of pyridine rings is 1. The van der Waals surface area contributed by atoms with Gasteiger partial charge in [-0.3, -0.25) is 4.79 Å². The Morgan fingerprint density at radius 1 is 1.40 bits per heavy atom. The van der Waals surface area contributed by atoms with Gasteiger partial charge >= 0.3 is 0 Å². The fraction of sp³-hybridized carbons (Fsp3) is 0.600. The van der Waals surface area contributed by atoms with Crippen molar-refractivity contribution in [2.45, 2.75) is 26.7 Å². The Kier molecular flexibility index (Phi) is 4.60. The maximum Gasteiger partial charge on any atom is 0.252 e. The molecule has 1 amide bonds. The van der Waals surface area contributed by atoms with Crippen LogP contribution in [-0.4, -0.2) is 42.2 Å². The van der Waals surface area contributed by atoms with Gasteiger partial charge in [-0.2, -0.15) is 0 Å². The van der Waals surface area contributed by atoms with Crippen LogP contribution in [0.3, 0.4) is 0 Å². The van der Waals surface area contributed by atoms with Crippen molar-refractivity contribution in [3.63, 3.8) is 0 Å². The highest BCUT2D eigenvalue weighted by Crippen LogP contribution is 2.44. The number of aliphatic hydroxyl groups is 1. The number of nitrogens with zero attached hydrogens (tertiary/aromatic N) is 2. The maximum atomic E-state index is 12.0. The van der Waals surface area contributed by atoms with Gasteiger partial charge in [0.1, 0.15) is 5.82 Å². The van der Waals surface area contributed by atoms with E-state index in [-0.39, 0.29) is 17.9 Å². The van der Waals surface area contributed by atoms with Crippen LogP contribution in [0, 0.1) is 5.41 Å². The van der Waals surface area contributed by atoms with Crippen molar-refractivity contribution in [1.82, 2.24) is 10.3 Å². The second kappa shape index (κ2) is 6.22. The van der Waals surface area contributed by atoms with E-state index < -0.39 is 0 Å². The van der Waals surface area contributed by atoms with E-state index in [1.54, 1.807) is 12.3 Å². The Morgan fingerprint density at radius 2 is 2.10 bits per heavy atom. The Balaban J connectivity index is 1.93. The van der Waals surface area contributed by atoms with Crippen molar-refractivity contribution in [3.8, 4) is 0 Å². The summed E-state index contributed by atoms with van der Waals surface area (Å²) in [7, 11) is 0. The molecule has 1 heterocycles. The summed E-state index contributed by atoms with van der Waals surface area (Å²) in [6.45, 7) is 6.64. The third-order valence-corrected chi connectivity index (χ3v) is 4.01. The SMILES string of the molecule is CCN(CC)c1ccc(C(=O)NCC2(CO)CC2)cn1. The summed E-state index contributed by atoms with van der Waals surface area (Å²) in [6.07, 6.45) is 3.59. The van der Waals surface area contributed by atoms with Crippen molar-refractivity contribution in [2.75, 3.05) is 31.1 Å². The summed E-state index contributed by atoms with van der Waals surface area (Å²) in [5.41, 5.74) is 0.499. The largest absolute Gasteiger partial charge is 0.396 e. The van der Waals surface area contributed by atoms with Gasteiger partial charge in [-0.05, 0) is 38.8 Å². The summed E-state index contributed by atoms with van der Waals surface area (Å²) < 4.78 is 0. The topological polar surface area (TPSA) is 65.5 Å². The predicted molar refractivity (Wildman–Crippen MR) is 78.9 cm³/mol. The molecule has 1 fully saturated rings. The lowest BCUT2D eigenvalue weighted by molar-refractivity contribution is 0.0935. The average molecular weight is 277 g/mol. The second-order valence-corrected chi connectivity index (χ2v) is 5.42. The normalized spacial score (nSPS) is 15.8. The van der Waals surface area contributed by atoms with Crippen LogP contribution in [0.1, 0.15) is 37.0 Å². The first-order valence-electron chi connectivity index (χ1n) is 7.24. The van der Waals surface area contributed by atoms with Gasteiger partial charge in [0, 0.05) is 31.2 Å². The minimum absolute atomic E-state index is 0.0652. The number of anilines is 1. The smallest absolute Gasteiger partial charge is 0.252 e. The Hall–Kier alpha value is -1.62. The second-order valence-electron chi connectivity index (χ2n) is 5.42. The van der Waals surface area contributed by atoms with Crippen molar-refractivity contribution >= 4 is 11.7 Å². The van der Waals surface area contributed by atoms with E-state index in [1.165, 1.54) is 0 Å². The lowest BCUT2D eigenvalue weighted by atomic mass is 10.1. The molecule has 1 aromatic rings. The van der Waals surface area contributed by atoms with Crippen LogP contribution in [0.15, 0.2) is 18.3 Å². The van der Waals surface area contributed by atoms with Crippen LogP contribution in [0.5, 0.6) is 0 Å². The van der Waals surface area contributed by atoms with Crippen molar-refractivity contribution in [2.24, 2.45) is 5.41 Å². The number of hydrogen-bond acceptors (Lipinski definition) is 4. The summed E-state index contributed by atoms with van der Waals surface area (Å²) in [5.74, 6) is 0.767. The van der Waals surface area contributed by atoms with Gasteiger partial charge in [-0.1, -0.05) is 0 Å². The van der Waals surface area contributed by atoms with Crippen LogP contribution >= 0.6 is 0 Å².